The van der Waals surface area contributed by atoms with Crippen LogP contribution < -0.4 is 11.1 Å². The lowest BCUT2D eigenvalue weighted by Gasteiger charge is -2.37. The van der Waals surface area contributed by atoms with Crippen molar-refractivity contribution in [1.82, 2.24) is 5.32 Å². The van der Waals surface area contributed by atoms with Crippen molar-refractivity contribution in [2.45, 2.75) is 54.0 Å². The topological polar surface area (TPSA) is 38.0 Å². The third kappa shape index (κ3) is 3.18. The molecule has 0 aliphatic rings. The van der Waals surface area contributed by atoms with Gasteiger partial charge in [-0.25, -0.2) is 0 Å². The smallest absolute Gasteiger partial charge is 0.0375 e. The van der Waals surface area contributed by atoms with Crippen molar-refractivity contribution >= 4 is 0 Å². The minimum absolute atomic E-state index is 0.152. The summed E-state index contributed by atoms with van der Waals surface area (Å²) in [6, 6.07) is 2.63. The van der Waals surface area contributed by atoms with Crippen LogP contribution in [0.5, 0.6) is 0 Å². The Hall–Kier alpha value is -0.860. The van der Waals surface area contributed by atoms with Gasteiger partial charge in [0.05, 0.1) is 0 Å². The van der Waals surface area contributed by atoms with Crippen molar-refractivity contribution in [3.63, 3.8) is 0 Å². The molecule has 0 bridgehead atoms. The number of benzene rings is 1. The molecule has 1 rings (SSSR count). The lowest BCUT2D eigenvalue weighted by atomic mass is 9.74. The Balaban J connectivity index is 3.41. The largest absolute Gasteiger partial charge is 0.330 e. The van der Waals surface area contributed by atoms with Crippen LogP contribution >= 0.6 is 0 Å². The molecule has 0 radical (unpaired) electrons. The van der Waals surface area contributed by atoms with Gasteiger partial charge in [-0.3, -0.25) is 0 Å². The molecule has 0 aromatic heterocycles. The predicted molar refractivity (Wildman–Crippen MR) is 84.6 cm³/mol. The van der Waals surface area contributed by atoms with E-state index < -0.39 is 0 Å². The minimum Gasteiger partial charge on any atom is -0.330 e. The van der Waals surface area contributed by atoms with E-state index in [1.165, 1.54) is 27.8 Å². The van der Waals surface area contributed by atoms with E-state index >= 15 is 0 Å². The van der Waals surface area contributed by atoms with Gasteiger partial charge in [-0.15, -0.1) is 0 Å². The molecule has 1 atom stereocenters. The minimum atomic E-state index is 0.152. The Bertz CT molecular complexity index is 421. The summed E-state index contributed by atoms with van der Waals surface area (Å²) in [5.41, 5.74) is 13.0. The monoisotopic (exact) mass is 262 g/mol. The Morgan fingerprint density at radius 1 is 1.11 bits per heavy atom. The van der Waals surface area contributed by atoms with Crippen molar-refractivity contribution < 1.29 is 0 Å². The van der Waals surface area contributed by atoms with Gasteiger partial charge in [0, 0.05) is 6.04 Å². The van der Waals surface area contributed by atoms with Crippen LogP contribution in [0.3, 0.4) is 0 Å². The molecule has 108 valence electrons. The van der Waals surface area contributed by atoms with Crippen molar-refractivity contribution in [1.29, 1.82) is 0 Å². The molecule has 0 aliphatic carbocycles. The number of rotatable bonds is 5. The molecule has 1 aromatic rings. The Morgan fingerprint density at radius 2 is 1.58 bits per heavy atom. The first kappa shape index (κ1) is 16.2. The Morgan fingerprint density at radius 3 is 1.95 bits per heavy atom. The Labute approximate surface area is 118 Å². The van der Waals surface area contributed by atoms with Gasteiger partial charge in [-0.05, 0) is 80.9 Å². The third-order valence-electron chi connectivity index (χ3n) is 4.57. The summed E-state index contributed by atoms with van der Waals surface area (Å²) in [7, 11) is 2.06. The van der Waals surface area contributed by atoms with Crippen LogP contribution in [-0.2, 0) is 0 Å². The van der Waals surface area contributed by atoms with Crippen molar-refractivity contribution in [3.8, 4) is 0 Å². The van der Waals surface area contributed by atoms with E-state index in [9.17, 15) is 0 Å². The molecule has 2 nitrogen and oxygen atoms in total. The number of nitrogens with one attached hydrogen (secondary N) is 1. The summed E-state index contributed by atoms with van der Waals surface area (Å²) in [6.45, 7) is 14.2. The molecule has 0 fully saturated rings. The van der Waals surface area contributed by atoms with Crippen LogP contribution in [0.25, 0.3) is 0 Å². The number of aryl methyl sites for hydroxylation is 2. The molecule has 1 unspecified atom stereocenters. The van der Waals surface area contributed by atoms with Gasteiger partial charge < -0.3 is 11.1 Å². The van der Waals surface area contributed by atoms with Crippen LogP contribution in [0.4, 0.5) is 0 Å². The maximum atomic E-state index is 5.79. The first-order chi connectivity index (χ1) is 8.76. The predicted octanol–water partition coefficient (Wildman–Crippen LogP) is 3.56. The van der Waals surface area contributed by atoms with E-state index in [-0.39, 0.29) is 5.41 Å². The third-order valence-corrected chi connectivity index (χ3v) is 4.57. The quantitative estimate of drug-likeness (QED) is 0.851. The van der Waals surface area contributed by atoms with Crippen LogP contribution in [0.1, 0.15) is 54.1 Å². The molecule has 0 saturated carbocycles. The highest BCUT2D eigenvalue weighted by atomic mass is 14.9. The maximum absolute atomic E-state index is 5.79. The zero-order valence-electron chi connectivity index (χ0n) is 13.6. The lowest BCUT2D eigenvalue weighted by molar-refractivity contribution is 0.238. The lowest BCUT2D eigenvalue weighted by Crippen LogP contribution is -2.35. The van der Waals surface area contributed by atoms with E-state index in [2.05, 4.69) is 60.0 Å². The second-order valence-corrected chi connectivity index (χ2v) is 6.42. The molecule has 0 saturated heterocycles. The molecular weight excluding hydrogens is 232 g/mol. The van der Waals surface area contributed by atoms with Gasteiger partial charge in [-0.1, -0.05) is 19.9 Å². The summed E-state index contributed by atoms with van der Waals surface area (Å²) in [5.74, 6) is 0. The number of hydrogen-bond donors (Lipinski definition) is 2. The van der Waals surface area contributed by atoms with Crippen LogP contribution in [0.15, 0.2) is 6.07 Å². The molecule has 2 heteroatoms. The maximum Gasteiger partial charge on any atom is 0.0375 e. The number of hydrogen-bond acceptors (Lipinski definition) is 2. The first-order valence-corrected chi connectivity index (χ1v) is 7.21. The zero-order valence-corrected chi connectivity index (χ0v) is 13.6. The van der Waals surface area contributed by atoms with Gasteiger partial charge in [-0.2, -0.15) is 0 Å². The van der Waals surface area contributed by atoms with Crippen molar-refractivity contribution in [2.24, 2.45) is 11.1 Å². The average molecular weight is 262 g/mol. The van der Waals surface area contributed by atoms with Crippen LogP contribution in [0.2, 0.25) is 0 Å². The van der Waals surface area contributed by atoms with Crippen molar-refractivity contribution in [3.05, 3.63) is 33.9 Å². The van der Waals surface area contributed by atoms with Gasteiger partial charge >= 0.3 is 0 Å². The molecule has 0 heterocycles. The van der Waals surface area contributed by atoms with Crippen molar-refractivity contribution in [2.75, 3.05) is 13.6 Å². The molecular formula is C17H30N2. The number of nitrogens with two attached hydrogens (primary N) is 1. The highest BCUT2D eigenvalue weighted by molar-refractivity contribution is 5.46. The summed E-state index contributed by atoms with van der Waals surface area (Å²) in [4.78, 5) is 0. The fraction of sp³-hybridized carbons (Fsp3) is 0.647. The molecule has 0 aliphatic heterocycles. The molecule has 0 spiro atoms. The van der Waals surface area contributed by atoms with Gasteiger partial charge in [0.2, 0.25) is 0 Å². The van der Waals surface area contributed by atoms with E-state index in [0.717, 1.165) is 13.0 Å². The first-order valence-electron chi connectivity index (χ1n) is 7.21. The molecule has 0 amide bonds. The van der Waals surface area contributed by atoms with Gasteiger partial charge in [0.25, 0.3) is 0 Å². The summed E-state index contributed by atoms with van der Waals surface area (Å²) < 4.78 is 0. The van der Waals surface area contributed by atoms with E-state index in [1.54, 1.807) is 0 Å². The molecule has 3 N–H and O–H groups in total. The Kier molecular flexibility index (Phi) is 5.17. The standard InChI is InChI=1S/C17H30N2/c1-11-10-12(2)14(4)15(13(11)3)16(19-7)17(5,6)8-9-18/h10,16,19H,8-9,18H2,1-7H3. The summed E-state index contributed by atoms with van der Waals surface area (Å²) in [6.07, 6.45) is 1.02. The molecule has 19 heavy (non-hydrogen) atoms. The highest BCUT2D eigenvalue weighted by Gasteiger charge is 2.31. The van der Waals surface area contributed by atoms with Gasteiger partial charge in [0.1, 0.15) is 0 Å². The summed E-state index contributed by atoms with van der Waals surface area (Å²) in [5, 5.41) is 3.52. The highest BCUT2D eigenvalue weighted by Crippen LogP contribution is 2.40. The normalized spacial score (nSPS) is 13.7. The van der Waals surface area contributed by atoms with E-state index in [0.29, 0.717) is 6.04 Å². The second-order valence-electron chi connectivity index (χ2n) is 6.42. The van der Waals surface area contributed by atoms with Crippen LogP contribution in [-0.4, -0.2) is 13.6 Å². The fourth-order valence-electron chi connectivity index (χ4n) is 3.12. The fourth-order valence-corrected chi connectivity index (χ4v) is 3.12. The van der Waals surface area contributed by atoms with Crippen LogP contribution in [0, 0.1) is 33.1 Å². The second kappa shape index (κ2) is 6.06. The van der Waals surface area contributed by atoms with E-state index in [1.807, 2.05) is 0 Å². The molecule has 1 aromatic carbocycles. The van der Waals surface area contributed by atoms with E-state index in [4.69, 9.17) is 5.73 Å². The van der Waals surface area contributed by atoms with Gasteiger partial charge in [0.15, 0.2) is 0 Å². The summed E-state index contributed by atoms with van der Waals surface area (Å²) >= 11 is 0. The average Bonchev–Trinajstić information content (AvgIpc) is 2.31. The zero-order chi connectivity index (χ0) is 14.8. The SMILES string of the molecule is CNC(c1c(C)c(C)cc(C)c1C)C(C)(C)CCN.